The Morgan fingerprint density at radius 2 is 2.05 bits per heavy atom. The van der Waals surface area contributed by atoms with Gasteiger partial charge in [0.15, 0.2) is 0 Å². The first kappa shape index (κ1) is 15.5. The summed E-state index contributed by atoms with van der Waals surface area (Å²) < 4.78 is 1.20. The first-order valence-electron chi connectivity index (χ1n) is 7.39. The molecular formula is C15H25BrN2S. The first-order valence-corrected chi connectivity index (χ1v) is 9.07. The van der Waals surface area contributed by atoms with E-state index in [0.717, 1.165) is 25.7 Å². The average molecular weight is 345 g/mol. The number of hydrogen-bond acceptors (Lipinski definition) is 3. The number of halogens is 1. The van der Waals surface area contributed by atoms with Crippen LogP contribution in [0.2, 0.25) is 0 Å². The highest BCUT2D eigenvalue weighted by molar-refractivity contribution is 9.10. The second-order valence-electron chi connectivity index (χ2n) is 5.53. The minimum atomic E-state index is 0.820. The standard InChI is InChI=1S/C15H25BrN2S/c1-18(14-6-4-2-3-5-7-14)9-8-17-11-15-10-13(16)12-19-15/h10,12,14,17H,2-9,11H2,1H3. The van der Waals surface area contributed by atoms with E-state index in [-0.39, 0.29) is 0 Å². The smallest absolute Gasteiger partial charge is 0.0300 e. The van der Waals surface area contributed by atoms with Gasteiger partial charge in [0.05, 0.1) is 0 Å². The van der Waals surface area contributed by atoms with E-state index in [2.05, 4.69) is 44.6 Å². The van der Waals surface area contributed by atoms with Crippen LogP contribution in [0.5, 0.6) is 0 Å². The maximum absolute atomic E-state index is 3.55. The summed E-state index contributed by atoms with van der Waals surface area (Å²) in [6, 6.07) is 3.02. The third-order valence-electron chi connectivity index (χ3n) is 4.01. The zero-order valence-corrected chi connectivity index (χ0v) is 14.2. The second kappa shape index (κ2) is 8.40. The van der Waals surface area contributed by atoms with Crippen molar-refractivity contribution >= 4 is 27.3 Å². The monoisotopic (exact) mass is 344 g/mol. The molecule has 1 heterocycles. The third kappa shape index (κ3) is 5.54. The van der Waals surface area contributed by atoms with Gasteiger partial charge in [0.25, 0.3) is 0 Å². The highest BCUT2D eigenvalue weighted by Gasteiger charge is 2.16. The van der Waals surface area contributed by atoms with E-state index < -0.39 is 0 Å². The molecule has 2 rings (SSSR count). The number of likely N-dealkylation sites (N-methyl/N-ethyl adjacent to an activating group) is 1. The number of nitrogens with one attached hydrogen (secondary N) is 1. The largest absolute Gasteiger partial charge is 0.311 e. The molecule has 1 aromatic heterocycles. The topological polar surface area (TPSA) is 15.3 Å². The molecule has 1 N–H and O–H groups in total. The highest BCUT2D eigenvalue weighted by Crippen LogP contribution is 2.21. The molecule has 0 aliphatic heterocycles. The van der Waals surface area contributed by atoms with Gasteiger partial charge in [0.2, 0.25) is 0 Å². The Kier molecular flexibility index (Phi) is 6.85. The fourth-order valence-electron chi connectivity index (χ4n) is 2.79. The summed E-state index contributed by atoms with van der Waals surface area (Å²) in [5.41, 5.74) is 0. The van der Waals surface area contributed by atoms with Crippen molar-refractivity contribution in [3.8, 4) is 0 Å². The van der Waals surface area contributed by atoms with Crippen molar-refractivity contribution in [2.75, 3.05) is 20.1 Å². The molecule has 0 radical (unpaired) electrons. The van der Waals surface area contributed by atoms with Crippen molar-refractivity contribution in [2.24, 2.45) is 0 Å². The van der Waals surface area contributed by atoms with Crippen molar-refractivity contribution in [2.45, 2.75) is 51.1 Å². The molecule has 0 aromatic carbocycles. The fraction of sp³-hybridized carbons (Fsp3) is 0.733. The van der Waals surface area contributed by atoms with Crippen LogP contribution < -0.4 is 5.32 Å². The lowest BCUT2D eigenvalue weighted by molar-refractivity contribution is 0.221. The molecule has 1 aliphatic carbocycles. The van der Waals surface area contributed by atoms with Crippen molar-refractivity contribution in [3.05, 3.63) is 20.8 Å². The van der Waals surface area contributed by atoms with E-state index in [1.54, 1.807) is 0 Å². The van der Waals surface area contributed by atoms with Gasteiger partial charge in [0, 0.05) is 40.4 Å². The summed E-state index contributed by atoms with van der Waals surface area (Å²) >= 11 is 5.31. The summed E-state index contributed by atoms with van der Waals surface area (Å²) in [6.45, 7) is 3.24. The van der Waals surface area contributed by atoms with Crippen molar-refractivity contribution < 1.29 is 0 Å². The summed E-state index contributed by atoms with van der Waals surface area (Å²) in [6.07, 6.45) is 8.52. The van der Waals surface area contributed by atoms with Gasteiger partial charge < -0.3 is 10.2 Å². The lowest BCUT2D eigenvalue weighted by atomic mass is 10.1. The maximum atomic E-state index is 3.55. The minimum Gasteiger partial charge on any atom is -0.311 e. The molecule has 1 saturated carbocycles. The van der Waals surface area contributed by atoms with Crippen molar-refractivity contribution in [1.29, 1.82) is 0 Å². The van der Waals surface area contributed by atoms with Crippen LogP contribution in [0.15, 0.2) is 15.9 Å². The van der Waals surface area contributed by atoms with Gasteiger partial charge in [-0.25, -0.2) is 0 Å². The molecule has 1 aromatic rings. The summed E-state index contributed by atoms with van der Waals surface area (Å²) in [7, 11) is 2.29. The summed E-state index contributed by atoms with van der Waals surface area (Å²) in [5, 5.41) is 5.70. The van der Waals surface area contributed by atoms with E-state index in [4.69, 9.17) is 0 Å². The van der Waals surface area contributed by atoms with E-state index in [1.807, 2.05) is 11.3 Å². The average Bonchev–Trinajstić information content (AvgIpc) is 2.67. The molecule has 108 valence electrons. The van der Waals surface area contributed by atoms with Gasteiger partial charge in [-0.15, -0.1) is 11.3 Å². The van der Waals surface area contributed by atoms with Crippen LogP contribution in [0, 0.1) is 0 Å². The maximum Gasteiger partial charge on any atom is 0.0300 e. The Labute approximate surface area is 129 Å². The second-order valence-corrected chi connectivity index (χ2v) is 7.45. The van der Waals surface area contributed by atoms with E-state index in [0.29, 0.717) is 0 Å². The van der Waals surface area contributed by atoms with E-state index >= 15 is 0 Å². The number of nitrogens with zero attached hydrogens (tertiary/aromatic N) is 1. The van der Waals surface area contributed by atoms with Gasteiger partial charge >= 0.3 is 0 Å². The predicted molar refractivity (Wildman–Crippen MR) is 87.8 cm³/mol. The fourth-order valence-corrected chi connectivity index (χ4v) is 4.22. The lowest BCUT2D eigenvalue weighted by Crippen LogP contribution is -2.36. The quantitative estimate of drug-likeness (QED) is 0.612. The van der Waals surface area contributed by atoms with Gasteiger partial charge in [-0.3, -0.25) is 0 Å². The van der Waals surface area contributed by atoms with Gasteiger partial charge in [-0.1, -0.05) is 25.7 Å². The molecule has 0 saturated heterocycles. The minimum absolute atomic E-state index is 0.820. The van der Waals surface area contributed by atoms with Gasteiger partial charge in [-0.05, 0) is 41.9 Å². The summed E-state index contributed by atoms with van der Waals surface area (Å²) in [5.74, 6) is 0. The Balaban J connectivity index is 1.61. The molecule has 0 bridgehead atoms. The van der Waals surface area contributed by atoms with Crippen LogP contribution in [0.4, 0.5) is 0 Å². The zero-order chi connectivity index (χ0) is 13.5. The van der Waals surface area contributed by atoms with Gasteiger partial charge in [-0.2, -0.15) is 0 Å². The SMILES string of the molecule is CN(CCNCc1cc(Br)cs1)C1CCCCCC1. The number of hydrogen-bond donors (Lipinski definition) is 1. The molecule has 2 nitrogen and oxygen atoms in total. The Bertz CT molecular complexity index is 359. The molecule has 0 atom stereocenters. The van der Waals surface area contributed by atoms with Crippen molar-refractivity contribution in [3.63, 3.8) is 0 Å². The molecule has 19 heavy (non-hydrogen) atoms. The molecule has 1 fully saturated rings. The Hall–Kier alpha value is 0.1000. The highest BCUT2D eigenvalue weighted by atomic mass is 79.9. The lowest BCUT2D eigenvalue weighted by Gasteiger charge is -2.27. The zero-order valence-electron chi connectivity index (χ0n) is 11.8. The summed E-state index contributed by atoms with van der Waals surface area (Å²) in [4.78, 5) is 3.96. The van der Waals surface area contributed by atoms with E-state index in [9.17, 15) is 0 Å². The van der Waals surface area contributed by atoms with Crippen LogP contribution in [0.25, 0.3) is 0 Å². The molecular weight excluding hydrogens is 320 g/mol. The van der Waals surface area contributed by atoms with Crippen LogP contribution >= 0.6 is 27.3 Å². The van der Waals surface area contributed by atoms with E-state index in [1.165, 1.54) is 47.9 Å². The molecule has 4 heteroatoms. The van der Waals surface area contributed by atoms with Crippen LogP contribution in [0.1, 0.15) is 43.4 Å². The molecule has 0 amide bonds. The van der Waals surface area contributed by atoms with Crippen LogP contribution in [-0.4, -0.2) is 31.1 Å². The Morgan fingerprint density at radius 1 is 1.32 bits per heavy atom. The Morgan fingerprint density at radius 3 is 2.68 bits per heavy atom. The first-order chi connectivity index (χ1) is 9.25. The van der Waals surface area contributed by atoms with Gasteiger partial charge in [0.1, 0.15) is 0 Å². The number of rotatable bonds is 6. The van der Waals surface area contributed by atoms with Crippen LogP contribution in [0.3, 0.4) is 0 Å². The van der Waals surface area contributed by atoms with Crippen LogP contribution in [-0.2, 0) is 6.54 Å². The van der Waals surface area contributed by atoms with Crippen molar-refractivity contribution in [1.82, 2.24) is 10.2 Å². The predicted octanol–water partition coefficient (Wildman–Crippen LogP) is 4.25. The number of thiophene rings is 1. The molecule has 0 unspecified atom stereocenters. The molecule has 1 aliphatic rings. The normalized spacial score (nSPS) is 17.8. The molecule has 0 spiro atoms. The third-order valence-corrected chi connectivity index (χ3v) is 5.71.